The van der Waals surface area contributed by atoms with E-state index in [1.54, 1.807) is 12.1 Å². The summed E-state index contributed by atoms with van der Waals surface area (Å²) in [6.07, 6.45) is 18.6. The number of unbranched alkanes of at least 4 members (excludes halogenated alkanes) is 4. The Kier molecular flexibility index (Phi) is 18.6. The lowest BCUT2D eigenvalue weighted by Crippen LogP contribution is -2.45. The number of benzene rings is 2. The fraction of sp³-hybridized carbons (Fsp3) is 0.615. The fourth-order valence-corrected chi connectivity index (χ4v) is 8.82. The van der Waals surface area contributed by atoms with E-state index < -0.39 is 5.60 Å². The van der Waals surface area contributed by atoms with Gasteiger partial charge in [0.05, 0.1) is 19.8 Å². The molecule has 0 saturated carbocycles. The van der Waals surface area contributed by atoms with Crippen LogP contribution in [0.4, 0.5) is 0 Å². The number of hydrogen-bond acceptors (Lipinski definition) is 9. The van der Waals surface area contributed by atoms with E-state index in [0.29, 0.717) is 36.3 Å². The minimum atomic E-state index is -0.577. The predicted octanol–water partition coefficient (Wildman–Crippen LogP) is 12.2. The molecular weight excluding hydrogens is 769 g/mol. The van der Waals surface area contributed by atoms with Gasteiger partial charge in [0.25, 0.3) is 0 Å². The van der Waals surface area contributed by atoms with E-state index in [9.17, 15) is 30.0 Å². The Bertz CT molecular complexity index is 1830. The zero-order chi connectivity index (χ0) is 45.8. The maximum atomic E-state index is 11.3. The van der Waals surface area contributed by atoms with Gasteiger partial charge in [0.2, 0.25) is 0 Å². The van der Waals surface area contributed by atoms with Crippen molar-refractivity contribution in [2.75, 3.05) is 14.2 Å². The Morgan fingerprint density at radius 3 is 1.82 bits per heavy atom. The molecule has 0 fully saturated rings. The minimum absolute atomic E-state index is 0.0789. The van der Waals surface area contributed by atoms with Crippen LogP contribution in [-0.4, -0.2) is 57.8 Å². The number of methoxy groups -OCH3 is 2. The van der Waals surface area contributed by atoms with Crippen LogP contribution in [0, 0.1) is 11.8 Å². The number of esters is 2. The summed E-state index contributed by atoms with van der Waals surface area (Å²) in [5, 5.41) is 39.7. The van der Waals surface area contributed by atoms with Crippen molar-refractivity contribution in [2.24, 2.45) is 11.8 Å². The van der Waals surface area contributed by atoms with Gasteiger partial charge >= 0.3 is 11.9 Å². The van der Waals surface area contributed by atoms with Crippen LogP contribution in [0.3, 0.4) is 0 Å². The maximum absolute atomic E-state index is 11.3. The lowest BCUT2D eigenvalue weighted by atomic mass is 9.66. The number of carbonyl (C=O) groups is 2. The van der Waals surface area contributed by atoms with Crippen molar-refractivity contribution in [2.45, 2.75) is 180 Å². The first-order valence-electron chi connectivity index (χ1n) is 22.4. The summed E-state index contributed by atoms with van der Waals surface area (Å²) in [7, 11) is 2.84. The van der Waals surface area contributed by atoms with E-state index in [-0.39, 0.29) is 39.9 Å². The van der Waals surface area contributed by atoms with Crippen molar-refractivity contribution >= 4 is 11.9 Å². The van der Waals surface area contributed by atoms with E-state index in [4.69, 9.17) is 9.47 Å². The zero-order valence-corrected chi connectivity index (χ0v) is 39.3. The van der Waals surface area contributed by atoms with Gasteiger partial charge in [-0.25, -0.2) is 0 Å². The monoisotopic (exact) mass is 847 g/mol. The van der Waals surface area contributed by atoms with Crippen molar-refractivity contribution in [1.82, 2.24) is 0 Å². The summed E-state index contributed by atoms with van der Waals surface area (Å²) in [6.45, 7) is 22.9. The Labute approximate surface area is 367 Å². The number of carbonyl (C=O) groups excluding carboxylic acids is 2. The summed E-state index contributed by atoms with van der Waals surface area (Å²) in [5.41, 5.74) is 4.58. The Morgan fingerprint density at radius 1 is 0.820 bits per heavy atom. The highest BCUT2D eigenvalue weighted by Crippen LogP contribution is 2.55. The van der Waals surface area contributed by atoms with Gasteiger partial charge in [0.15, 0.2) is 0 Å². The van der Waals surface area contributed by atoms with Crippen LogP contribution < -0.4 is 4.74 Å². The average Bonchev–Trinajstić information content (AvgIpc) is 3.16. The largest absolute Gasteiger partial charge is 0.508 e. The van der Waals surface area contributed by atoms with Gasteiger partial charge in [-0.1, -0.05) is 89.3 Å². The first-order valence-corrected chi connectivity index (χ1v) is 22.4. The number of hydrogen-bond donors (Lipinski definition) is 4. The summed E-state index contributed by atoms with van der Waals surface area (Å²) in [5.74, 6) is 2.26. The van der Waals surface area contributed by atoms with E-state index in [0.717, 1.165) is 99.5 Å². The first kappa shape index (κ1) is 51.1. The Morgan fingerprint density at radius 2 is 1.34 bits per heavy atom. The molecule has 9 heteroatoms. The van der Waals surface area contributed by atoms with Gasteiger partial charge in [0.1, 0.15) is 28.6 Å². The van der Waals surface area contributed by atoms with Gasteiger partial charge < -0.3 is 34.6 Å². The molecule has 0 radical (unpaired) electrons. The Balaban J connectivity index is 0.000000274. The highest BCUT2D eigenvalue weighted by atomic mass is 16.5. The van der Waals surface area contributed by atoms with Gasteiger partial charge in [-0.3, -0.25) is 9.59 Å². The molecule has 61 heavy (non-hydrogen) atoms. The van der Waals surface area contributed by atoms with Crippen LogP contribution in [0.25, 0.3) is 0 Å². The van der Waals surface area contributed by atoms with Crippen molar-refractivity contribution in [3.63, 3.8) is 0 Å². The number of ether oxygens (including phenoxy) is 3. The molecular formula is C52H78O9. The molecule has 2 aromatic carbocycles. The van der Waals surface area contributed by atoms with Gasteiger partial charge in [-0.15, -0.1) is 0 Å². The predicted molar refractivity (Wildman–Crippen MR) is 245 cm³/mol. The average molecular weight is 847 g/mol. The minimum Gasteiger partial charge on any atom is -0.508 e. The first-order chi connectivity index (χ1) is 28.4. The SMILES string of the molecule is C=C(C)[C@H]1C=CC(C)(O)CC1.COC(=O)CCCCCC(C)(C)c1cc(O)c2c(c1)OC(C)(C)[C@@H]1CC=C(C)C[C@@H]21.COC(=O)CCCCCC(C)(C)c1cc(O)cc(O)c1. The van der Waals surface area contributed by atoms with E-state index in [1.165, 1.54) is 31.4 Å². The number of aliphatic hydroxyl groups is 1. The molecule has 4 N–H and O–H groups in total. The summed E-state index contributed by atoms with van der Waals surface area (Å²) < 4.78 is 15.8. The molecule has 1 heterocycles. The molecule has 4 atom stereocenters. The summed E-state index contributed by atoms with van der Waals surface area (Å²) >= 11 is 0. The zero-order valence-electron chi connectivity index (χ0n) is 39.3. The third-order valence-corrected chi connectivity index (χ3v) is 13.1. The molecule has 0 spiro atoms. The molecule has 0 amide bonds. The number of aromatic hydroxyl groups is 3. The van der Waals surface area contributed by atoms with Crippen LogP contribution in [0.1, 0.15) is 175 Å². The third kappa shape index (κ3) is 15.6. The van der Waals surface area contributed by atoms with Crippen LogP contribution in [0.2, 0.25) is 0 Å². The molecule has 0 saturated heterocycles. The van der Waals surface area contributed by atoms with Crippen LogP contribution in [0.5, 0.6) is 23.0 Å². The van der Waals surface area contributed by atoms with Crippen molar-refractivity contribution in [1.29, 1.82) is 0 Å². The van der Waals surface area contributed by atoms with Crippen molar-refractivity contribution in [3.05, 3.63) is 83.0 Å². The van der Waals surface area contributed by atoms with E-state index in [2.05, 4.69) is 78.0 Å². The van der Waals surface area contributed by atoms with Crippen molar-refractivity contribution < 1.29 is 44.2 Å². The van der Waals surface area contributed by atoms with Crippen LogP contribution in [0.15, 0.2) is 66.3 Å². The Hall–Kier alpha value is -4.24. The summed E-state index contributed by atoms with van der Waals surface area (Å²) in [6, 6.07) is 8.83. The van der Waals surface area contributed by atoms with Gasteiger partial charge in [0, 0.05) is 36.3 Å². The summed E-state index contributed by atoms with van der Waals surface area (Å²) in [4.78, 5) is 22.3. The highest BCUT2D eigenvalue weighted by Gasteiger charge is 2.46. The van der Waals surface area contributed by atoms with Crippen LogP contribution >= 0.6 is 0 Å². The number of allylic oxidation sites excluding steroid dienone is 4. The normalized spacial score (nSPS) is 21.4. The molecule has 0 aromatic heterocycles. The third-order valence-electron chi connectivity index (χ3n) is 13.1. The molecule has 3 aliphatic rings. The van der Waals surface area contributed by atoms with Gasteiger partial charge in [-0.05, 0) is 138 Å². The number of fused-ring (bicyclic) bond motifs is 3. The lowest BCUT2D eigenvalue weighted by molar-refractivity contribution is -0.141. The van der Waals surface area contributed by atoms with Crippen molar-refractivity contribution in [3.8, 4) is 23.0 Å². The smallest absolute Gasteiger partial charge is 0.305 e. The quantitative estimate of drug-likeness (QED) is 0.0782. The molecule has 340 valence electrons. The molecule has 5 rings (SSSR count). The fourth-order valence-electron chi connectivity index (χ4n) is 8.82. The number of phenols is 3. The maximum Gasteiger partial charge on any atom is 0.305 e. The molecule has 0 bridgehead atoms. The molecule has 1 unspecified atom stereocenters. The molecule has 1 aliphatic heterocycles. The molecule has 2 aromatic rings. The topological polar surface area (TPSA) is 143 Å². The number of rotatable bonds is 15. The molecule has 9 nitrogen and oxygen atoms in total. The lowest BCUT2D eigenvalue weighted by Gasteiger charge is -2.47. The van der Waals surface area contributed by atoms with E-state index >= 15 is 0 Å². The second-order valence-corrected chi connectivity index (χ2v) is 19.8. The van der Waals surface area contributed by atoms with Crippen LogP contribution in [-0.2, 0) is 29.9 Å². The number of phenolic OH excluding ortho intramolecular Hbond substituents is 3. The molecule has 2 aliphatic carbocycles. The second kappa shape index (κ2) is 22.2. The highest BCUT2D eigenvalue weighted by molar-refractivity contribution is 5.69. The second-order valence-electron chi connectivity index (χ2n) is 19.8. The standard InChI is InChI=1S/C26H38O4.C16H24O4.C10H16O/c1-17-11-12-20-19(14-17)24-21(27)15-18(16-22(24)30-26(20,4)5)25(2,3)13-9-7-8-10-23(28)29-6;1-16(2,8-6-4-5-7-15(19)20-3)12-9-13(17)11-14(18)10-12;1-8(2)9-4-6-10(3,11)7-5-9/h11,15-16,19-20,27H,7-10,12-14H2,1-6H3;9-11,17-18H,4-8H2,1-3H3;4,6,9,11H,1,5,7H2,2-3H3/t19-,20-;;9-,10?/m1.0/s1. The van der Waals surface area contributed by atoms with Gasteiger partial charge in [-0.2, -0.15) is 0 Å². The van der Waals surface area contributed by atoms with E-state index in [1.807, 2.05) is 26.0 Å².